The summed E-state index contributed by atoms with van der Waals surface area (Å²) in [5, 5.41) is 15.3. The molecule has 11 heteroatoms. The van der Waals surface area contributed by atoms with Crippen molar-refractivity contribution in [2.24, 2.45) is 7.05 Å². The average Bonchev–Trinajstić information content (AvgIpc) is 3.42. The van der Waals surface area contributed by atoms with Crippen LogP contribution in [-0.4, -0.2) is 31.4 Å². The third-order valence-corrected chi connectivity index (χ3v) is 7.18. The lowest BCUT2D eigenvalue weighted by atomic mass is 10.1. The van der Waals surface area contributed by atoms with Crippen molar-refractivity contribution in [2.45, 2.75) is 25.1 Å². The van der Waals surface area contributed by atoms with Gasteiger partial charge in [0, 0.05) is 29.1 Å². The van der Waals surface area contributed by atoms with Gasteiger partial charge in [-0.05, 0) is 26.0 Å². The summed E-state index contributed by atoms with van der Waals surface area (Å²) in [6.45, 7) is 3.88. The molecule has 0 bridgehead atoms. The maximum Gasteiger partial charge on any atom is 0.236 e. The number of nitrogens with zero attached hydrogens (tertiary/aromatic N) is 4. The topological polar surface area (TPSA) is 81.9 Å². The third-order valence-electron chi connectivity index (χ3n) is 4.86. The van der Waals surface area contributed by atoms with Crippen molar-refractivity contribution < 1.29 is 9.53 Å². The highest BCUT2D eigenvalue weighted by atomic mass is 35.5. The van der Waals surface area contributed by atoms with Crippen molar-refractivity contribution in [2.75, 3.05) is 11.1 Å². The van der Waals surface area contributed by atoms with E-state index in [-0.39, 0.29) is 11.7 Å². The Hall–Kier alpha value is -2.59. The summed E-state index contributed by atoms with van der Waals surface area (Å²) in [6, 6.07) is 13.1. The largest absolute Gasteiger partial charge is 0.481 e. The molecule has 0 saturated carbocycles. The number of amides is 1. The fraction of sp³-hybridized carbons (Fsp3) is 0.217. The Kier molecular flexibility index (Phi) is 7.77. The van der Waals surface area contributed by atoms with Crippen LogP contribution in [0.3, 0.4) is 0 Å². The number of rotatable bonds is 8. The Morgan fingerprint density at radius 1 is 1.21 bits per heavy atom. The van der Waals surface area contributed by atoms with Gasteiger partial charge in [0.15, 0.2) is 22.2 Å². The van der Waals surface area contributed by atoms with E-state index in [4.69, 9.17) is 27.9 Å². The van der Waals surface area contributed by atoms with Gasteiger partial charge in [0.25, 0.3) is 0 Å². The fourth-order valence-electron chi connectivity index (χ4n) is 3.09. The first-order valence-corrected chi connectivity index (χ1v) is 12.9. The highest BCUT2D eigenvalue weighted by molar-refractivity contribution is 7.99. The van der Waals surface area contributed by atoms with E-state index in [1.807, 2.05) is 50.5 Å². The molecule has 4 rings (SSSR count). The van der Waals surface area contributed by atoms with Crippen LogP contribution in [0.5, 0.6) is 5.75 Å². The summed E-state index contributed by atoms with van der Waals surface area (Å²) < 4.78 is 7.71. The summed E-state index contributed by atoms with van der Waals surface area (Å²) in [4.78, 5) is 17.0. The van der Waals surface area contributed by atoms with Gasteiger partial charge in [-0.2, -0.15) is 0 Å². The molecule has 7 nitrogen and oxygen atoms in total. The second-order valence-corrected chi connectivity index (χ2v) is 10.1. The Morgan fingerprint density at radius 3 is 2.74 bits per heavy atom. The Bertz CT molecular complexity index is 1310. The molecule has 176 valence electrons. The minimum atomic E-state index is -0.424. The van der Waals surface area contributed by atoms with Gasteiger partial charge in [-0.3, -0.25) is 4.79 Å². The monoisotopic (exact) mass is 533 g/mol. The number of thiazole rings is 1. The zero-order valence-electron chi connectivity index (χ0n) is 18.6. The third kappa shape index (κ3) is 5.90. The Labute approximate surface area is 215 Å². The average molecular weight is 534 g/mol. The van der Waals surface area contributed by atoms with E-state index in [9.17, 15) is 4.79 Å². The molecule has 4 aromatic rings. The van der Waals surface area contributed by atoms with Crippen LogP contribution in [0, 0.1) is 6.92 Å². The number of ether oxygens (including phenoxy) is 1. The van der Waals surface area contributed by atoms with Crippen molar-refractivity contribution in [1.29, 1.82) is 0 Å². The van der Waals surface area contributed by atoms with Gasteiger partial charge in [-0.15, -0.1) is 21.5 Å². The van der Waals surface area contributed by atoms with Crippen molar-refractivity contribution in [3.8, 4) is 17.0 Å². The maximum absolute atomic E-state index is 12.5. The number of carbonyl (C=O) groups is 1. The number of benzene rings is 2. The maximum atomic E-state index is 12.5. The lowest BCUT2D eigenvalue weighted by molar-refractivity contribution is -0.113. The predicted molar refractivity (Wildman–Crippen MR) is 138 cm³/mol. The van der Waals surface area contributed by atoms with Crippen molar-refractivity contribution in [3.63, 3.8) is 0 Å². The molecular formula is C23H21Cl2N5O2S2. The van der Waals surface area contributed by atoms with E-state index in [0.717, 1.165) is 11.3 Å². The summed E-state index contributed by atoms with van der Waals surface area (Å²) in [5.74, 6) is 1.06. The molecule has 2 heterocycles. The molecule has 0 spiro atoms. The van der Waals surface area contributed by atoms with Crippen LogP contribution in [0.2, 0.25) is 10.0 Å². The molecule has 34 heavy (non-hydrogen) atoms. The normalized spacial score (nSPS) is 11.9. The molecule has 0 saturated heterocycles. The van der Waals surface area contributed by atoms with Crippen LogP contribution >= 0.6 is 46.3 Å². The second-order valence-electron chi connectivity index (χ2n) is 7.48. The van der Waals surface area contributed by atoms with Crippen LogP contribution in [0.25, 0.3) is 11.3 Å². The molecule has 0 aliphatic heterocycles. The number of hydrogen-bond donors (Lipinski definition) is 1. The van der Waals surface area contributed by atoms with Crippen LogP contribution in [-0.2, 0) is 11.8 Å². The zero-order valence-corrected chi connectivity index (χ0v) is 21.7. The summed E-state index contributed by atoms with van der Waals surface area (Å²) in [6.07, 6.45) is -0.424. The molecule has 1 N–H and O–H groups in total. The van der Waals surface area contributed by atoms with Gasteiger partial charge in [-0.25, -0.2) is 4.98 Å². The number of hydrogen-bond acceptors (Lipinski definition) is 7. The zero-order chi connectivity index (χ0) is 24.2. The summed E-state index contributed by atoms with van der Waals surface area (Å²) >= 11 is 14.9. The van der Waals surface area contributed by atoms with Crippen LogP contribution in [0.15, 0.2) is 53.0 Å². The van der Waals surface area contributed by atoms with E-state index in [0.29, 0.717) is 31.9 Å². The number of aryl methyl sites for hydroxylation is 1. The van der Waals surface area contributed by atoms with Gasteiger partial charge in [-0.1, -0.05) is 64.8 Å². The van der Waals surface area contributed by atoms with E-state index < -0.39 is 6.10 Å². The molecular weight excluding hydrogens is 513 g/mol. The summed E-state index contributed by atoms with van der Waals surface area (Å²) in [7, 11) is 1.82. The van der Waals surface area contributed by atoms with Gasteiger partial charge in [0.1, 0.15) is 5.75 Å². The smallest absolute Gasteiger partial charge is 0.236 e. The van der Waals surface area contributed by atoms with Crippen LogP contribution in [0.4, 0.5) is 5.13 Å². The molecule has 0 radical (unpaired) electrons. The lowest BCUT2D eigenvalue weighted by Gasteiger charge is -2.15. The highest BCUT2D eigenvalue weighted by Gasteiger charge is 2.19. The number of nitrogens with one attached hydrogen (secondary N) is 1. The van der Waals surface area contributed by atoms with Gasteiger partial charge in [0.2, 0.25) is 5.91 Å². The van der Waals surface area contributed by atoms with Crippen LogP contribution in [0.1, 0.15) is 24.4 Å². The molecule has 1 atom stereocenters. The Morgan fingerprint density at radius 2 is 1.97 bits per heavy atom. The minimum absolute atomic E-state index is 0.167. The van der Waals surface area contributed by atoms with Gasteiger partial charge in [0.05, 0.1) is 16.5 Å². The minimum Gasteiger partial charge on any atom is -0.481 e. The van der Waals surface area contributed by atoms with E-state index >= 15 is 0 Å². The van der Waals surface area contributed by atoms with E-state index in [1.165, 1.54) is 28.7 Å². The van der Waals surface area contributed by atoms with Gasteiger partial charge >= 0.3 is 0 Å². The first-order chi connectivity index (χ1) is 16.3. The first-order valence-electron chi connectivity index (χ1n) is 10.3. The number of anilines is 1. The fourth-order valence-corrected chi connectivity index (χ4v) is 4.87. The lowest BCUT2D eigenvalue weighted by Crippen LogP contribution is -2.14. The predicted octanol–water partition coefficient (Wildman–Crippen LogP) is 6.42. The highest BCUT2D eigenvalue weighted by Crippen LogP contribution is 2.32. The molecule has 1 amide bonds. The number of carbonyl (C=O) groups excluding carboxylic acids is 1. The number of thioether (sulfide) groups is 1. The molecule has 2 aromatic carbocycles. The Balaban J connectivity index is 1.34. The standard InChI is InChI=1S/C23H21Cl2N5O2S2/c1-13-4-6-15(7-5-13)18-11-33-22(26-18)27-20(31)12-34-23-29-28-21(30(23)3)14(2)32-19-10-16(24)8-9-17(19)25/h4-11,14H,12H2,1-3H3,(H,26,27,31). The van der Waals surface area contributed by atoms with Crippen molar-refractivity contribution in [3.05, 3.63) is 69.3 Å². The first kappa shape index (κ1) is 24.5. The number of aromatic nitrogens is 4. The van der Waals surface area contributed by atoms with E-state index in [1.54, 1.807) is 22.8 Å². The SMILES string of the molecule is Cc1ccc(-c2csc(NC(=O)CSc3nnc(C(C)Oc4cc(Cl)ccc4Cl)n3C)n2)cc1. The van der Waals surface area contributed by atoms with Gasteiger partial charge < -0.3 is 14.6 Å². The summed E-state index contributed by atoms with van der Waals surface area (Å²) in [5.41, 5.74) is 3.03. The van der Waals surface area contributed by atoms with Crippen molar-refractivity contribution >= 4 is 57.3 Å². The number of halogens is 2. The molecule has 2 aromatic heterocycles. The second kappa shape index (κ2) is 10.8. The van der Waals surface area contributed by atoms with Crippen molar-refractivity contribution in [1.82, 2.24) is 19.7 Å². The van der Waals surface area contributed by atoms with Crippen LogP contribution < -0.4 is 10.1 Å². The molecule has 0 aliphatic carbocycles. The quantitative estimate of drug-likeness (QED) is 0.263. The molecule has 1 unspecified atom stereocenters. The van der Waals surface area contributed by atoms with E-state index in [2.05, 4.69) is 20.5 Å². The molecule has 0 fully saturated rings. The molecule has 0 aliphatic rings.